The van der Waals surface area contributed by atoms with Crippen molar-refractivity contribution in [2.75, 3.05) is 0 Å². The van der Waals surface area contributed by atoms with Gasteiger partial charge in [-0.25, -0.2) is 13.2 Å². The van der Waals surface area contributed by atoms with Crippen molar-refractivity contribution in [3.05, 3.63) is 41.7 Å². The molecule has 0 aliphatic heterocycles. The Hall–Kier alpha value is -1.78. The number of rotatable bonds is 4. The van der Waals surface area contributed by atoms with E-state index < -0.39 is 17.8 Å². The maximum Gasteiger partial charge on any atom is 0.252 e. The van der Waals surface area contributed by atoms with Crippen molar-refractivity contribution in [1.29, 1.82) is 0 Å². The summed E-state index contributed by atoms with van der Waals surface area (Å²) in [5.74, 6) is -3.48. The summed E-state index contributed by atoms with van der Waals surface area (Å²) in [6.07, 6.45) is 0.817. The fourth-order valence-electron chi connectivity index (χ4n) is 2.12. The molecule has 1 fully saturated rings. The molecular weight excluding hydrogens is 255 g/mol. The molecule has 1 N–H and O–H groups in total. The smallest absolute Gasteiger partial charge is 0.252 e. The Morgan fingerprint density at radius 3 is 2.68 bits per heavy atom. The topological polar surface area (TPSA) is 29.1 Å². The number of amides is 1. The van der Waals surface area contributed by atoms with Crippen LogP contribution in [0.5, 0.6) is 0 Å². The lowest BCUT2D eigenvalue weighted by molar-refractivity contribution is -0.128. The van der Waals surface area contributed by atoms with Crippen molar-refractivity contribution in [2.45, 2.75) is 31.2 Å². The maximum atomic E-state index is 13.2. The largest absolute Gasteiger partial charge is 0.353 e. The lowest BCUT2D eigenvalue weighted by Crippen LogP contribution is -2.50. The first-order valence-corrected chi connectivity index (χ1v) is 5.97. The van der Waals surface area contributed by atoms with E-state index in [1.54, 1.807) is 6.07 Å². The van der Waals surface area contributed by atoms with E-state index in [2.05, 4.69) is 11.9 Å². The summed E-state index contributed by atoms with van der Waals surface area (Å²) in [6, 6.07) is 3.73. The van der Waals surface area contributed by atoms with Gasteiger partial charge in [-0.05, 0) is 23.3 Å². The lowest BCUT2D eigenvalue weighted by Gasteiger charge is -2.35. The average Bonchev–Trinajstić information content (AvgIpc) is 2.25. The molecule has 1 aliphatic carbocycles. The van der Waals surface area contributed by atoms with Crippen LogP contribution in [0.1, 0.15) is 24.0 Å². The first-order valence-electron chi connectivity index (χ1n) is 5.97. The van der Waals surface area contributed by atoms with E-state index in [4.69, 9.17) is 0 Å². The van der Waals surface area contributed by atoms with E-state index in [1.165, 1.54) is 18.2 Å². The lowest BCUT2D eigenvalue weighted by atomic mass is 9.88. The molecule has 0 saturated heterocycles. The minimum atomic E-state index is -2.66. The van der Waals surface area contributed by atoms with Crippen molar-refractivity contribution in [2.24, 2.45) is 0 Å². The average molecular weight is 269 g/mol. The zero-order chi connectivity index (χ0) is 14.0. The summed E-state index contributed by atoms with van der Waals surface area (Å²) in [5.41, 5.74) is 1.08. The predicted molar refractivity (Wildman–Crippen MR) is 66.3 cm³/mol. The number of hydrogen-bond donors (Lipinski definition) is 1. The summed E-state index contributed by atoms with van der Waals surface area (Å²) in [5, 5.41) is 2.51. The minimum Gasteiger partial charge on any atom is -0.353 e. The molecule has 2 rings (SSSR count). The molecule has 102 valence electrons. The van der Waals surface area contributed by atoms with Gasteiger partial charge in [0.2, 0.25) is 5.91 Å². The molecular formula is C14H14F3NO. The van der Waals surface area contributed by atoms with E-state index >= 15 is 0 Å². The molecule has 1 saturated carbocycles. The minimum absolute atomic E-state index is 0.0271. The molecule has 0 aromatic heterocycles. The third-order valence-corrected chi connectivity index (χ3v) is 3.04. The summed E-state index contributed by atoms with van der Waals surface area (Å²) in [6.45, 7) is 3.53. The van der Waals surface area contributed by atoms with Gasteiger partial charge in [-0.3, -0.25) is 4.79 Å². The molecule has 1 amide bonds. The van der Waals surface area contributed by atoms with Crippen LogP contribution in [-0.4, -0.2) is 17.9 Å². The van der Waals surface area contributed by atoms with Gasteiger partial charge >= 0.3 is 0 Å². The van der Waals surface area contributed by atoms with Gasteiger partial charge in [-0.2, -0.15) is 0 Å². The fraction of sp³-hybridized carbons (Fsp3) is 0.357. The summed E-state index contributed by atoms with van der Waals surface area (Å²) in [4.78, 5) is 11.6. The van der Waals surface area contributed by atoms with Crippen LogP contribution in [-0.2, 0) is 11.2 Å². The van der Waals surface area contributed by atoms with Crippen molar-refractivity contribution in [1.82, 2.24) is 5.32 Å². The number of alkyl halides is 2. The molecule has 1 aromatic rings. The standard InChI is InChI=1S/C14H14F3NO/c1-2-9-3-10(5-11(15)4-9)6-13(19)18-12-7-14(16,17)8-12/h2-5,12H,1,6-8H2,(H,18,19). The number of halogens is 3. The van der Waals surface area contributed by atoms with Crippen LogP contribution >= 0.6 is 0 Å². The quantitative estimate of drug-likeness (QED) is 0.894. The monoisotopic (exact) mass is 269 g/mol. The van der Waals surface area contributed by atoms with Crippen molar-refractivity contribution >= 4 is 12.0 Å². The number of nitrogens with one attached hydrogen (secondary N) is 1. The molecule has 19 heavy (non-hydrogen) atoms. The van der Waals surface area contributed by atoms with Crippen molar-refractivity contribution in [3.63, 3.8) is 0 Å². The van der Waals surface area contributed by atoms with Crippen LogP contribution in [0.15, 0.2) is 24.8 Å². The molecule has 1 aliphatic rings. The first-order chi connectivity index (χ1) is 8.88. The van der Waals surface area contributed by atoms with Gasteiger partial charge in [0.05, 0.1) is 6.42 Å². The third-order valence-electron chi connectivity index (χ3n) is 3.04. The zero-order valence-corrected chi connectivity index (χ0v) is 10.3. The number of carbonyl (C=O) groups excluding carboxylic acids is 1. The first kappa shape index (κ1) is 13.6. The third kappa shape index (κ3) is 3.59. The molecule has 0 heterocycles. The van der Waals surface area contributed by atoms with Gasteiger partial charge in [0.15, 0.2) is 0 Å². The Labute approximate surface area is 109 Å². The SMILES string of the molecule is C=Cc1cc(F)cc(CC(=O)NC2CC(F)(F)C2)c1. The van der Waals surface area contributed by atoms with Crippen LogP contribution in [0.2, 0.25) is 0 Å². The predicted octanol–water partition coefficient (Wildman–Crippen LogP) is 2.93. The van der Waals surface area contributed by atoms with Gasteiger partial charge in [0.1, 0.15) is 5.82 Å². The second-order valence-electron chi connectivity index (χ2n) is 4.80. The fourth-order valence-corrected chi connectivity index (χ4v) is 2.12. The molecule has 2 nitrogen and oxygen atoms in total. The Balaban J connectivity index is 1.92. The Morgan fingerprint density at radius 1 is 1.42 bits per heavy atom. The number of hydrogen-bond acceptors (Lipinski definition) is 1. The normalized spacial score (nSPS) is 17.6. The highest BCUT2D eigenvalue weighted by Crippen LogP contribution is 2.37. The van der Waals surface area contributed by atoms with Gasteiger partial charge in [-0.1, -0.05) is 18.7 Å². The highest BCUT2D eigenvalue weighted by Gasteiger charge is 2.45. The maximum absolute atomic E-state index is 13.2. The van der Waals surface area contributed by atoms with Crippen LogP contribution in [0.4, 0.5) is 13.2 Å². The zero-order valence-electron chi connectivity index (χ0n) is 10.3. The van der Waals surface area contributed by atoms with E-state index in [1.807, 2.05) is 0 Å². The van der Waals surface area contributed by atoms with Crippen LogP contribution in [0, 0.1) is 5.82 Å². The highest BCUT2D eigenvalue weighted by atomic mass is 19.3. The Bertz CT molecular complexity index is 505. The molecule has 0 atom stereocenters. The van der Waals surface area contributed by atoms with Crippen LogP contribution < -0.4 is 5.32 Å². The van der Waals surface area contributed by atoms with E-state index in [0.717, 1.165) is 0 Å². The summed E-state index contributed by atoms with van der Waals surface area (Å²) >= 11 is 0. The Morgan fingerprint density at radius 2 is 2.11 bits per heavy atom. The summed E-state index contributed by atoms with van der Waals surface area (Å²) in [7, 11) is 0. The second-order valence-corrected chi connectivity index (χ2v) is 4.80. The van der Waals surface area contributed by atoms with E-state index in [9.17, 15) is 18.0 Å². The van der Waals surface area contributed by atoms with Gasteiger partial charge in [-0.15, -0.1) is 0 Å². The Kier molecular flexibility index (Phi) is 3.64. The van der Waals surface area contributed by atoms with E-state index in [-0.39, 0.29) is 25.2 Å². The number of benzene rings is 1. The van der Waals surface area contributed by atoms with Gasteiger partial charge in [0, 0.05) is 18.9 Å². The van der Waals surface area contributed by atoms with Crippen LogP contribution in [0.25, 0.3) is 6.08 Å². The molecule has 1 aromatic carbocycles. The molecule has 0 unspecified atom stereocenters. The van der Waals surface area contributed by atoms with Gasteiger partial charge < -0.3 is 5.32 Å². The number of carbonyl (C=O) groups is 1. The summed E-state index contributed by atoms with van der Waals surface area (Å²) < 4.78 is 38.4. The molecule has 0 radical (unpaired) electrons. The molecule has 5 heteroatoms. The molecule has 0 bridgehead atoms. The van der Waals surface area contributed by atoms with Gasteiger partial charge in [0.25, 0.3) is 5.92 Å². The van der Waals surface area contributed by atoms with Crippen molar-refractivity contribution in [3.8, 4) is 0 Å². The van der Waals surface area contributed by atoms with E-state index in [0.29, 0.717) is 11.1 Å². The van der Waals surface area contributed by atoms with Crippen molar-refractivity contribution < 1.29 is 18.0 Å². The molecule has 0 spiro atoms. The van der Waals surface area contributed by atoms with Crippen LogP contribution in [0.3, 0.4) is 0 Å². The second kappa shape index (κ2) is 5.07. The highest BCUT2D eigenvalue weighted by molar-refractivity contribution is 5.79.